The van der Waals surface area contributed by atoms with Crippen molar-refractivity contribution in [3.8, 4) is 5.75 Å². The molecule has 2 heterocycles. The summed E-state index contributed by atoms with van der Waals surface area (Å²) in [5, 5.41) is 6.69. The van der Waals surface area contributed by atoms with Crippen molar-refractivity contribution in [2.24, 2.45) is 0 Å². The van der Waals surface area contributed by atoms with Crippen LogP contribution in [-0.2, 0) is 16.0 Å². The summed E-state index contributed by atoms with van der Waals surface area (Å²) < 4.78 is 5.10. The largest absolute Gasteiger partial charge is 0.497 e. The molecule has 8 heteroatoms. The van der Waals surface area contributed by atoms with Gasteiger partial charge in [-0.25, -0.2) is 9.69 Å². The number of para-hydroxylation sites is 1. The number of urea groups is 1. The van der Waals surface area contributed by atoms with E-state index in [2.05, 4.69) is 15.6 Å². The Hall–Kier alpha value is -3.81. The highest BCUT2D eigenvalue weighted by atomic mass is 16.5. The Morgan fingerprint density at radius 2 is 1.90 bits per heavy atom. The Morgan fingerprint density at radius 1 is 1.13 bits per heavy atom. The first kappa shape index (κ1) is 20.5. The van der Waals surface area contributed by atoms with Crippen molar-refractivity contribution >= 4 is 34.4 Å². The van der Waals surface area contributed by atoms with E-state index >= 15 is 0 Å². The number of fused-ring (bicyclic) bond motifs is 1. The third-order valence-electron chi connectivity index (χ3n) is 5.40. The predicted molar refractivity (Wildman–Crippen MR) is 117 cm³/mol. The van der Waals surface area contributed by atoms with Gasteiger partial charge in [-0.15, -0.1) is 0 Å². The Morgan fingerprint density at radius 3 is 2.68 bits per heavy atom. The van der Waals surface area contributed by atoms with Gasteiger partial charge < -0.3 is 20.4 Å². The number of methoxy groups -OCH3 is 1. The maximum absolute atomic E-state index is 12.7. The number of carbonyl (C=O) groups is 3. The molecule has 0 bridgehead atoms. The maximum atomic E-state index is 12.7. The number of aromatic nitrogens is 1. The van der Waals surface area contributed by atoms with Crippen molar-refractivity contribution in [2.75, 3.05) is 18.6 Å². The molecule has 0 unspecified atom stereocenters. The monoisotopic (exact) mass is 420 g/mol. The molecule has 1 aliphatic heterocycles. The Balaban J connectivity index is 1.26. The topological polar surface area (TPSA) is 104 Å². The third kappa shape index (κ3) is 4.37. The number of nitrogens with zero attached hydrogens (tertiary/aromatic N) is 1. The summed E-state index contributed by atoms with van der Waals surface area (Å²) in [6.45, 7) is 0.504. The molecule has 1 fully saturated rings. The zero-order valence-corrected chi connectivity index (χ0v) is 17.2. The van der Waals surface area contributed by atoms with Gasteiger partial charge in [-0.1, -0.05) is 18.2 Å². The van der Waals surface area contributed by atoms with Crippen LogP contribution in [0.4, 0.5) is 10.5 Å². The predicted octanol–water partition coefficient (Wildman–Crippen LogP) is 2.74. The lowest BCUT2D eigenvalue weighted by Crippen LogP contribution is -2.33. The SMILES string of the molecule is COc1ccc(N2C(=O)N[C@H](CCC(=O)NCCc3c[nH]c4ccccc34)C2=O)cc1. The molecule has 3 N–H and O–H groups in total. The number of hydrogen-bond donors (Lipinski definition) is 3. The molecule has 1 aromatic heterocycles. The van der Waals surface area contributed by atoms with Crippen LogP contribution >= 0.6 is 0 Å². The number of H-pyrrole nitrogens is 1. The molecule has 160 valence electrons. The van der Waals surface area contributed by atoms with Crippen LogP contribution in [0.15, 0.2) is 54.7 Å². The number of nitrogens with one attached hydrogen (secondary N) is 3. The van der Waals surface area contributed by atoms with Crippen molar-refractivity contribution in [1.82, 2.24) is 15.6 Å². The highest BCUT2D eigenvalue weighted by Crippen LogP contribution is 2.24. The number of benzene rings is 2. The maximum Gasteiger partial charge on any atom is 0.329 e. The van der Waals surface area contributed by atoms with Crippen molar-refractivity contribution in [1.29, 1.82) is 0 Å². The minimum absolute atomic E-state index is 0.148. The van der Waals surface area contributed by atoms with E-state index in [0.29, 0.717) is 24.4 Å². The van der Waals surface area contributed by atoms with E-state index in [4.69, 9.17) is 4.74 Å². The van der Waals surface area contributed by atoms with Gasteiger partial charge >= 0.3 is 6.03 Å². The molecule has 4 rings (SSSR count). The fourth-order valence-electron chi connectivity index (χ4n) is 3.74. The summed E-state index contributed by atoms with van der Waals surface area (Å²) in [6, 6.07) is 13.5. The van der Waals surface area contributed by atoms with Crippen molar-refractivity contribution in [3.63, 3.8) is 0 Å². The number of imide groups is 1. The second-order valence-electron chi connectivity index (χ2n) is 7.37. The number of anilines is 1. The smallest absolute Gasteiger partial charge is 0.329 e. The molecular weight excluding hydrogens is 396 g/mol. The quantitative estimate of drug-likeness (QED) is 0.488. The van der Waals surface area contributed by atoms with Crippen LogP contribution in [0.5, 0.6) is 5.75 Å². The minimum Gasteiger partial charge on any atom is -0.497 e. The number of carbonyl (C=O) groups excluding carboxylic acids is 3. The van der Waals surface area contributed by atoms with Gasteiger partial charge in [0.25, 0.3) is 5.91 Å². The first-order valence-electron chi connectivity index (χ1n) is 10.2. The summed E-state index contributed by atoms with van der Waals surface area (Å²) in [7, 11) is 1.55. The van der Waals surface area contributed by atoms with Crippen LogP contribution in [0, 0.1) is 0 Å². The zero-order chi connectivity index (χ0) is 21.8. The zero-order valence-electron chi connectivity index (χ0n) is 17.2. The fraction of sp³-hybridized carbons (Fsp3) is 0.261. The number of ether oxygens (including phenoxy) is 1. The fourth-order valence-corrected chi connectivity index (χ4v) is 3.74. The number of rotatable bonds is 8. The standard InChI is InChI=1S/C23H24N4O4/c1-31-17-8-6-16(7-9-17)27-22(29)20(26-23(27)30)10-11-21(28)24-13-12-15-14-25-19-5-3-2-4-18(15)19/h2-9,14,20,25H,10-13H2,1H3,(H,24,28)(H,26,30)/t20-/m1/s1. The van der Waals surface area contributed by atoms with Crippen molar-refractivity contribution in [3.05, 3.63) is 60.3 Å². The van der Waals surface area contributed by atoms with E-state index in [1.54, 1.807) is 31.4 Å². The molecule has 0 saturated carbocycles. The highest BCUT2D eigenvalue weighted by Gasteiger charge is 2.38. The van der Waals surface area contributed by atoms with Crippen LogP contribution in [0.3, 0.4) is 0 Å². The molecule has 4 amide bonds. The van der Waals surface area contributed by atoms with Crippen LogP contribution in [0.1, 0.15) is 18.4 Å². The molecule has 31 heavy (non-hydrogen) atoms. The molecule has 1 atom stereocenters. The van der Waals surface area contributed by atoms with E-state index in [9.17, 15) is 14.4 Å². The Bertz CT molecular complexity index is 1110. The molecule has 0 radical (unpaired) electrons. The van der Waals surface area contributed by atoms with Gasteiger partial charge in [0.05, 0.1) is 12.8 Å². The number of amides is 4. The van der Waals surface area contributed by atoms with Gasteiger partial charge in [-0.2, -0.15) is 0 Å². The van der Waals surface area contributed by atoms with Gasteiger partial charge in [0.15, 0.2) is 0 Å². The minimum atomic E-state index is -0.714. The van der Waals surface area contributed by atoms with Gasteiger partial charge in [0.1, 0.15) is 11.8 Å². The van der Waals surface area contributed by atoms with Crippen molar-refractivity contribution < 1.29 is 19.1 Å². The molecule has 2 aromatic carbocycles. The van der Waals surface area contributed by atoms with Gasteiger partial charge in [0, 0.05) is 30.1 Å². The average molecular weight is 420 g/mol. The number of aromatic amines is 1. The lowest BCUT2D eigenvalue weighted by atomic mass is 10.1. The van der Waals surface area contributed by atoms with Crippen LogP contribution < -0.4 is 20.3 Å². The molecule has 0 spiro atoms. The lowest BCUT2D eigenvalue weighted by Gasteiger charge is -2.13. The molecule has 8 nitrogen and oxygen atoms in total. The molecule has 0 aliphatic carbocycles. The Labute approximate surface area is 179 Å². The van der Waals surface area contributed by atoms with E-state index in [1.165, 1.54) is 0 Å². The Kier molecular flexibility index (Phi) is 5.88. The number of hydrogen-bond acceptors (Lipinski definition) is 4. The second kappa shape index (κ2) is 8.91. The second-order valence-corrected chi connectivity index (χ2v) is 7.37. The van der Waals surface area contributed by atoms with Gasteiger partial charge in [-0.05, 0) is 48.7 Å². The lowest BCUT2D eigenvalue weighted by molar-refractivity contribution is -0.121. The highest BCUT2D eigenvalue weighted by molar-refractivity contribution is 6.21. The van der Waals surface area contributed by atoms with Gasteiger partial charge in [0.2, 0.25) is 5.91 Å². The van der Waals surface area contributed by atoms with Crippen LogP contribution in [-0.4, -0.2) is 42.5 Å². The van der Waals surface area contributed by atoms with E-state index < -0.39 is 12.1 Å². The van der Waals surface area contributed by atoms with Gasteiger partial charge in [-0.3, -0.25) is 9.59 Å². The summed E-state index contributed by atoms with van der Waals surface area (Å²) in [4.78, 5) is 41.5. The molecule has 3 aromatic rings. The third-order valence-corrected chi connectivity index (χ3v) is 5.40. The van der Waals surface area contributed by atoms with E-state index in [1.807, 2.05) is 30.5 Å². The van der Waals surface area contributed by atoms with E-state index in [-0.39, 0.29) is 24.7 Å². The summed E-state index contributed by atoms with van der Waals surface area (Å²) >= 11 is 0. The van der Waals surface area contributed by atoms with E-state index in [0.717, 1.165) is 21.4 Å². The average Bonchev–Trinajstić information content (AvgIpc) is 3.32. The van der Waals surface area contributed by atoms with Crippen LogP contribution in [0.2, 0.25) is 0 Å². The summed E-state index contributed by atoms with van der Waals surface area (Å²) in [6.07, 6.45) is 3.06. The molecular formula is C23H24N4O4. The summed E-state index contributed by atoms with van der Waals surface area (Å²) in [5.41, 5.74) is 2.68. The van der Waals surface area contributed by atoms with Crippen LogP contribution in [0.25, 0.3) is 10.9 Å². The first-order chi connectivity index (χ1) is 15.1. The normalized spacial score (nSPS) is 15.9. The molecule has 1 aliphatic rings. The summed E-state index contributed by atoms with van der Waals surface area (Å²) in [5.74, 6) is 0.128. The van der Waals surface area contributed by atoms with Crippen molar-refractivity contribution in [2.45, 2.75) is 25.3 Å². The molecule has 1 saturated heterocycles. The first-order valence-corrected chi connectivity index (χ1v) is 10.2.